The molecule has 29 heavy (non-hydrogen) atoms. The number of methoxy groups -OCH3 is 1. The lowest BCUT2D eigenvalue weighted by Crippen LogP contribution is -2.26. The lowest BCUT2D eigenvalue weighted by molar-refractivity contribution is 0.0273. The fourth-order valence-corrected chi connectivity index (χ4v) is 3.52. The highest BCUT2D eigenvalue weighted by Crippen LogP contribution is 2.29. The number of hydrogen-bond acceptors (Lipinski definition) is 4. The number of nitrogens with one attached hydrogen (secondary N) is 1. The van der Waals surface area contributed by atoms with Gasteiger partial charge in [-0.1, -0.05) is 49.6 Å². The third-order valence-electron chi connectivity index (χ3n) is 5.18. The molecule has 0 aliphatic heterocycles. The molecule has 0 unspecified atom stereocenters. The summed E-state index contributed by atoms with van der Waals surface area (Å²) in [7, 11) is 1.58. The van der Waals surface area contributed by atoms with E-state index in [2.05, 4.69) is 5.32 Å². The van der Waals surface area contributed by atoms with Crippen molar-refractivity contribution in [3.8, 4) is 11.5 Å². The summed E-state index contributed by atoms with van der Waals surface area (Å²) in [6, 6.07) is 15.2. The van der Waals surface area contributed by atoms with Crippen molar-refractivity contribution in [3.05, 3.63) is 59.7 Å². The van der Waals surface area contributed by atoms with Crippen LogP contribution in [0, 0.1) is 0 Å². The Labute approximate surface area is 173 Å². The van der Waals surface area contributed by atoms with E-state index >= 15 is 0 Å². The molecule has 156 valence electrons. The molecule has 0 atom stereocenters. The highest BCUT2D eigenvalue weighted by atomic mass is 16.5. The summed E-state index contributed by atoms with van der Waals surface area (Å²) in [6.45, 7) is 1.74. The number of amides is 1. The number of ether oxygens (including phenoxy) is 3. The Morgan fingerprint density at radius 2 is 1.83 bits per heavy atom. The van der Waals surface area contributed by atoms with Crippen molar-refractivity contribution in [2.75, 3.05) is 20.3 Å². The van der Waals surface area contributed by atoms with Gasteiger partial charge in [0.25, 0.3) is 5.91 Å². The fourth-order valence-electron chi connectivity index (χ4n) is 3.52. The first-order valence-corrected chi connectivity index (χ1v) is 10.5. The molecule has 5 nitrogen and oxygen atoms in total. The van der Waals surface area contributed by atoms with Gasteiger partial charge in [0.05, 0.1) is 13.2 Å². The van der Waals surface area contributed by atoms with E-state index in [0.29, 0.717) is 42.9 Å². The molecule has 1 aliphatic rings. The maximum Gasteiger partial charge on any atom is 0.251 e. The molecule has 3 rings (SSSR count). The summed E-state index contributed by atoms with van der Waals surface area (Å²) in [5.74, 6) is 1.05. The van der Waals surface area contributed by atoms with Gasteiger partial charge in [0.2, 0.25) is 0 Å². The topological polar surface area (TPSA) is 56.8 Å². The Bertz CT molecular complexity index is 757. The lowest BCUT2D eigenvalue weighted by atomic mass is 9.98. The van der Waals surface area contributed by atoms with E-state index in [1.165, 1.54) is 32.1 Å². The highest BCUT2D eigenvalue weighted by Gasteiger charge is 2.14. The second kappa shape index (κ2) is 11.5. The van der Waals surface area contributed by atoms with Gasteiger partial charge in [-0.05, 0) is 43.0 Å². The van der Waals surface area contributed by atoms with Crippen molar-refractivity contribution >= 4 is 5.91 Å². The van der Waals surface area contributed by atoms with Gasteiger partial charge in [0, 0.05) is 18.7 Å². The molecule has 1 N–H and O–H groups in total. The van der Waals surface area contributed by atoms with Crippen LogP contribution in [0.3, 0.4) is 0 Å². The molecule has 1 saturated carbocycles. The molecule has 1 aliphatic carbocycles. The summed E-state index contributed by atoms with van der Waals surface area (Å²) < 4.78 is 17.2. The molecule has 1 fully saturated rings. The van der Waals surface area contributed by atoms with Crippen LogP contribution in [0.15, 0.2) is 48.5 Å². The number of hydrogen-bond donors (Lipinski definition) is 1. The first-order chi connectivity index (χ1) is 14.3. The minimum absolute atomic E-state index is 0.115. The van der Waals surface area contributed by atoms with E-state index in [1.807, 2.05) is 30.3 Å². The Morgan fingerprint density at radius 3 is 2.59 bits per heavy atom. The van der Waals surface area contributed by atoms with Crippen molar-refractivity contribution in [1.29, 1.82) is 0 Å². The largest absolute Gasteiger partial charge is 0.493 e. The monoisotopic (exact) mass is 397 g/mol. The summed E-state index contributed by atoms with van der Waals surface area (Å²) in [4.78, 5) is 12.4. The van der Waals surface area contributed by atoms with Crippen molar-refractivity contribution in [1.82, 2.24) is 5.32 Å². The molecule has 2 aromatic carbocycles. The number of benzene rings is 2. The van der Waals surface area contributed by atoms with Crippen molar-refractivity contribution in [2.45, 2.75) is 51.2 Å². The smallest absolute Gasteiger partial charge is 0.251 e. The summed E-state index contributed by atoms with van der Waals surface area (Å²) in [6.07, 6.45) is 7.44. The second-order valence-corrected chi connectivity index (χ2v) is 7.38. The van der Waals surface area contributed by atoms with Crippen molar-refractivity contribution < 1.29 is 19.0 Å². The SMILES string of the molecule is COc1cc(C(=O)NCCCOC2CCCCC2)ccc1OCc1ccccc1. The number of rotatable bonds is 10. The maximum atomic E-state index is 12.4. The molecule has 1 amide bonds. The number of carbonyl (C=O) groups is 1. The molecule has 0 bridgehead atoms. The van der Waals surface area contributed by atoms with E-state index in [4.69, 9.17) is 14.2 Å². The van der Waals surface area contributed by atoms with E-state index in [9.17, 15) is 4.79 Å². The van der Waals surface area contributed by atoms with Crippen LogP contribution in [0.5, 0.6) is 11.5 Å². The molecule has 2 aromatic rings. The second-order valence-electron chi connectivity index (χ2n) is 7.38. The maximum absolute atomic E-state index is 12.4. The van der Waals surface area contributed by atoms with Crippen LogP contribution >= 0.6 is 0 Å². The van der Waals surface area contributed by atoms with Crippen LogP contribution in [0.2, 0.25) is 0 Å². The third-order valence-corrected chi connectivity index (χ3v) is 5.18. The van der Waals surface area contributed by atoms with E-state index in [-0.39, 0.29) is 5.91 Å². The van der Waals surface area contributed by atoms with Crippen LogP contribution < -0.4 is 14.8 Å². The van der Waals surface area contributed by atoms with Crippen LogP contribution in [0.25, 0.3) is 0 Å². The van der Waals surface area contributed by atoms with E-state index in [0.717, 1.165) is 12.0 Å². The minimum Gasteiger partial charge on any atom is -0.493 e. The van der Waals surface area contributed by atoms with Gasteiger partial charge in [0.15, 0.2) is 11.5 Å². The summed E-state index contributed by atoms with van der Waals surface area (Å²) in [5, 5.41) is 2.95. The Balaban J connectivity index is 1.43. The van der Waals surface area contributed by atoms with Gasteiger partial charge >= 0.3 is 0 Å². The lowest BCUT2D eigenvalue weighted by Gasteiger charge is -2.21. The Kier molecular flexibility index (Phi) is 8.38. The van der Waals surface area contributed by atoms with Crippen molar-refractivity contribution in [3.63, 3.8) is 0 Å². The van der Waals surface area contributed by atoms with Crippen LogP contribution in [-0.2, 0) is 11.3 Å². The zero-order valence-corrected chi connectivity index (χ0v) is 17.2. The average molecular weight is 398 g/mol. The molecule has 0 heterocycles. The van der Waals surface area contributed by atoms with Gasteiger partial charge in [0.1, 0.15) is 6.61 Å². The van der Waals surface area contributed by atoms with Crippen molar-refractivity contribution in [2.24, 2.45) is 0 Å². The Hall–Kier alpha value is -2.53. The zero-order valence-electron chi connectivity index (χ0n) is 17.2. The normalized spacial score (nSPS) is 14.4. The van der Waals surface area contributed by atoms with Gasteiger partial charge in [-0.15, -0.1) is 0 Å². The van der Waals surface area contributed by atoms with Gasteiger partial charge in [-0.25, -0.2) is 0 Å². The van der Waals surface area contributed by atoms with E-state index in [1.54, 1.807) is 25.3 Å². The fraction of sp³-hybridized carbons (Fsp3) is 0.458. The summed E-state index contributed by atoms with van der Waals surface area (Å²) in [5.41, 5.74) is 1.63. The van der Waals surface area contributed by atoms with E-state index < -0.39 is 0 Å². The van der Waals surface area contributed by atoms with Crippen LogP contribution in [0.4, 0.5) is 0 Å². The minimum atomic E-state index is -0.115. The molecule has 0 spiro atoms. The molecular formula is C24H31NO4. The average Bonchev–Trinajstić information content (AvgIpc) is 2.78. The van der Waals surface area contributed by atoms with Gasteiger partial charge in [-0.3, -0.25) is 4.79 Å². The predicted octanol–water partition coefficient (Wildman–Crippen LogP) is 4.74. The van der Waals surface area contributed by atoms with Gasteiger partial charge < -0.3 is 19.5 Å². The molecule has 0 aromatic heterocycles. The predicted molar refractivity (Wildman–Crippen MR) is 114 cm³/mol. The number of carbonyl (C=O) groups excluding carboxylic acids is 1. The molecule has 0 radical (unpaired) electrons. The molecular weight excluding hydrogens is 366 g/mol. The highest BCUT2D eigenvalue weighted by molar-refractivity contribution is 5.94. The Morgan fingerprint density at radius 1 is 1.03 bits per heavy atom. The molecule has 5 heteroatoms. The van der Waals surface area contributed by atoms with Crippen LogP contribution in [0.1, 0.15) is 54.4 Å². The van der Waals surface area contributed by atoms with Crippen LogP contribution in [-0.4, -0.2) is 32.3 Å². The third kappa shape index (κ3) is 6.79. The first-order valence-electron chi connectivity index (χ1n) is 10.5. The molecule has 0 saturated heterocycles. The quantitative estimate of drug-likeness (QED) is 0.588. The van der Waals surface area contributed by atoms with Gasteiger partial charge in [-0.2, -0.15) is 0 Å². The zero-order chi connectivity index (χ0) is 20.3. The summed E-state index contributed by atoms with van der Waals surface area (Å²) >= 11 is 0. The standard InChI is InChI=1S/C24H31NO4/c1-27-23-17-20(13-14-22(23)29-18-19-9-4-2-5-10-19)24(26)25-15-8-16-28-21-11-6-3-7-12-21/h2,4-5,9-10,13-14,17,21H,3,6-8,11-12,15-16,18H2,1H3,(H,25,26). The first kappa shape index (κ1) is 21.2.